The van der Waals surface area contributed by atoms with Gasteiger partial charge in [-0.1, -0.05) is 29.8 Å². The highest BCUT2D eigenvalue weighted by Crippen LogP contribution is 2.25. The smallest absolute Gasteiger partial charge is 0.281 e. The van der Waals surface area contributed by atoms with E-state index in [0.29, 0.717) is 22.0 Å². The fourth-order valence-electron chi connectivity index (χ4n) is 3.23. The lowest BCUT2D eigenvalue weighted by Gasteiger charge is -2.07. The first-order valence-corrected chi connectivity index (χ1v) is 8.39. The molecule has 3 heterocycles. The number of hydrogen-bond donors (Lipinski definition) is 0. The number of para-hydroxylation sites is 1. The summed E-state index contributed by atoms with van der Waals surface area (Å²) in [5, 5.41) is 0.568. The van der Waals surface area contributed by atoms with E-state index in [2.05, 4.69) is 11.6 Å². The van der Waals surface area contributed by atoms with Gasteiger partial charge in [0.15, 0.2) is 11.2 Å². The van der Waals surface area contributed by atoms with E-state index in [1.165, 1.54) is 10.6 Å². The van der Waals surface area contributed by atoms with E-state index in [-0.39, 0.29) is 6.54 Å². The van der Waals surface area contributed by atoms with Gasteiger partial charge < -0.3 is 0 Å². The fraction of sp³-hybridized carbons (Fsp3) is 0.167. The molecule has 4 rings (SSSR count). The summed E-state index contributed by atoms with van der Waals surface area (Å²) in [6.07, 6.45) is 3.34. The molecule has 0 bridgehead atoms. The van der Waals surface area contributed by atoms with E-state index >= 15 is 0 Å². The second kappa shape index (κ2) is 5.74. The number of hydrogen-bond acceptors (Lipinski definition) is 3. The molecule has 0 N–H and O–H groups in total. The third-order valence-corrected chi connectivity index (χ3v) is 4.75. The third-order valence-electron chi connectivity index (χ3n) is 4.43. The van der Waals surface area contributed by atoms with Crippen molar-refractivity contribution in [2.75, 3.05) is 0 Å². The Morgan fingerprint density at radius 3 is 2.69 bits per heavy atom. The molecule has 0 amide bonds. The van der Waals surface area contributed by atoms with Crippen LogP contribution in [0.2, 0.25) is 5.02 Å². The molecule has 4 aromatic rings. The van der Waals surface area contributed by atoms with Crippen LogP contribution in [0.1, 0.15) is 5.69 Å². The molecule has 8 heteroatoms. The van der Waals surface area contributed by atoms with Crippen molar-refractivity contribution in [1.82, 2.24) is 23.1 Å². The van der Waals surface area contributed by atoms with Crippen LogP contribution < -0.4 is 11.2 Å². The van der Waals surface area contributed by atoms with Crippen molar-refractivity contribution in [3.05, 3.63) is 74.7 Å². The molecule has 0 radical (unpaired) electrons. The van der Waals surface area contributed by atoms with Crippen molar-refractivity contribution >= 4 is 28.5 Å². The topological polar surface area (TPSA) is 66.2 Å². The number of benzene rings is 1. The molecule has 3 aromatic heterocycles. The number of halogens is 1. The van der Waals surface area contributed by atoms with E-state index < -0.39 is 11.2 Å². The maximum Gasteiger partial charge on any atom is 0.332 e. The molecular weight excluding hydrogens is 354 g/mol. The van der Waals surface area contributed by atoms with E-state index in [0.717, 1.165) is 15.9 Å². The van der Waals surface area contributed by atoms with E-state index in [1.807, 2.05) is 35.9 Å². The maximum absolute atomic E-state index is 12.9. The lowest BCUT2D eigenvalue weighted by Crippen LogP contribution is -2.39. The molecule has 0 saturated heterocycles. The molecule has 1 aromatic carbocycles. The van der Waals surface area contributed by atoms with Gasteiger partial charge in [-0.15, -0.1) is 6.58 Å². The van der Waals surface area contributed by atoms with Gasteiger partial charge in [0, 0.05) is 25.5 Å². The first kappa shape index (κ1) is 16.4. The van der Waals surface area contributed by atoms with Crippen LogP contribution in [0, 0.1) is 6.92 Å². The minimum absolute atomic E-state index is 0.138. The highest BCUT2D eigenvalue weighted by Gasteiger charge is 2.20. The van der Waals surface area contributed by atoms with Gasteiger partial charge in [-0.25, -0.2) is 4.79 Å². The molecule has 0 aliphatic rings. The molecule has 0 fully saturated rings. The largest absolute Gasteiger partial charge is 0.332 e. The minimum Gasteiger partial charge on any atom is -0.281 e. The van der Waals surface area contributed by atoms with Crippen LogP contribution in [0.3, 0.4) is 0 Å². The molecule has 0 unspecified atom stereocenters. The quantitative estimate of drug-likeness (QED) is 0.520. The average Bonchev–Trinajstić information content (AvgIpc) is 3.12. The van der Waals surface area contributed by atoms with Gasteiger partial charge in [-0.05, 0) is 19.1 Å². The molecule has 26 heavy (non-hydrogen) atoms. The summed E-state index contributed by atoms with van der Waals surface area (Å²) in [5.74, 6) is 0.522. The van der Waals surface area contributed by atoms with Gasteiger partial charge >= 0.3 is 5.69 Å². The lowest BCUT2D eigenvalue weighted by atomic mass is 10.3. The summed E-state index contributed by atoms with van der Waals surface area (Å²) >= 11 is 6.35. The van der Waals surface area contributed by atoms with Crippen LogP contribution in [-0.2, 0) is 13.6 Å². The number of allylic oxidation sites excluding steroid dienone is 1. The molecule has 132 valence electrons. The van der Waals surface area contributed by atoms with E-state index in [1.54, 1.807) is 17.5 Å². The predicted molar refractivity (Wildman–Crippen MR) is 101 cm³/mol. The molecule has 0 aliphatic carbocycles. The van der Waals surface area contributed by atoms with Crippen molar-refractivity contribution in [1.29, 1.82) is 0 Å². The Bertz CT molecular complexity index is 1310. The Morgan fingerprint density at radius 2 is 2.00 bits per heavy atom. The number of aryl methyl sites for hydroxylation is 2. The summed E-state index contributed by atoms with van der Waals surface area (Å²) in [5.41, 5.74) is 1.48. The Morgan fingerprint density at radius 1 is 1.27 bits per heavy atom. The second-order valence-electron chi connectivity index (χ2n) is 6.06. The van der Waals surface area contributed by atoms with Gasteiger partial charge in [-0.3, -0.25) is 22.9 Å². The number of fused-ring (bicyclic) bond motifs is 3. The van der Waals surface area contributed by atoms with Gasteiger partial charge in [-0.2, -0.15) is 4.98 Å². The van der Waals surface area contributed by atoms with Crippen molar-refractivity contribution in [2.45, 2.75) is 13.5 Å². The zero-order valence-corrected chi connectivity index (χ0v) is 15.1. The summed E-state index contributed by atoms with van der Waals surface area (Å²) < 4.78 is 6.09. The minimum atomic E-state index is -0.427. The average molecular weight is 370 g/mol. The van der Waals surface area contributed by atoms with Gasteiger partial charge in [0.05, 0.1) is 10.7 Å². The van der Waals surface area contributed by atoms with Gasteiger partial charge in [0.25, 0.3) is 5.56 Å². The summed E-state index contributed by atoms with van der Waals surface area (Å²) in [4.78, 5) is 29.9. The summed E-state index contributed by atoms with van der Waals surface area (Å²) in [6.45, 7) is 5.67. The van der Waals surface area contributed by atoms with Crippen molar-refractivity contribution in [2.24, 2.45) is 7.05 Å². The molecule has 7 nitrogen and oxygen atoms in total. The molecule has 0 spiro atoms. The van der Waals surface area contributed by atoms with Crippen molar-refractivity contribution in [3.63, 3.8) is 0 Å². The molecule has 0 aliphatic heterocycles. The Balaban J connectivity index is 2.19. The summed E-state index contributed by atoms with van der Waals surface area (Å²) in [6, 6.07) is 7.40. The molecular formula is C18H16ClN5O2. The van der Waals surface area contributed by atoms with Crippen LogP contribution in [-0.4, -0.2) is 23.1 Å². The van der Waals surface area contributed by atoms with Crippen LogP contribution in [0.25, 0.3) is 22.6 Å². The zero-order chi connectivity index (χ0) is 18.6. The number of rotatable bonds is 3. The van der Waals surface area contributed by atoms with E-state index in [4.69, 9.17) is 11.6 Å². The first-order valence-electron chi connectivity index (χ1n) is 8.01. The van der Waals surface area contributed by atoms with E-state index in [9.17, 15) is 9.59 Å². The fourth-order valence-corrected chi connectivity index (χ4v) is 3.45. The molecule has 0 saturated carbocycles. The number of aromatic nitrogens is 5. The van der Waals surface area contributed by atoms with Gasteiger partial charge in [0.2, 0.25) is 5.78 Å². The Kier molecular flexibility index (Phi) is 3.62. The van der Waals surface area contributed by atoms with Crippen LogP contribution in [0.5, 0.6) is 0 Å². The van der Waals surface area contributed by atoms with Crippen molar-refractivity contribution < 1.29 is 0 Å². The zero-order valence-electron chi connectivity index (χ0n) is 14.3. The highest BCUT2D eigenvalue weighted by atomic mass is 35.5. The predicted octanol–water partition coefficient (Wildman–Crippen LogP) is 2.29. The third kappa shape index (κ3) is 2.10. The monoisotopic (exact) mass is 369 g/mol. The lowest BCUT2D eigenvalue weighted by molar-refractivity contribution is 0.667. The highest BCUT2D eigenvalue weighted by molar-refractivity contribution is 6.32. The summed E-state index contributed by atoms with van der Waals surface area (Å²) in [7, 11) is 1.60. The van der Waals surface area contributed by atoms with Crippen LogP contribution >= 0.6 is 11.6 Å². The maximum atomic E-state index is 12.9. The van der Waals surface area contributed by atoms with Crippen LogP contribution in [0.15, 0.2) is 52.7 Å². The number of nitrogens with zero attached hydrogens (tertiary/aromatic N) is 5. The van der Waals surface area contributed by atoms with Crippen molar-refractivity contribution in [3.8, 4) is 5.69 Å². The second-order valence-corrected chi connectivity index (χ2v) is 6.46. The Hall–Kier alpha value is -3.06. The standard InChI is InChI=1S/C18H16ClN5O2/c1-4-9-22-16(25)14-15(21(3)18(22)26)20-17-23(14)10-11(2)24(17)13-8-6-5-7-12(13)19/h4-8,10H,1,9H2,2-3H3. The van der Waals surface area contributed by atoms with Crippen LogP contribution in [0.4, 0.5) is 0 Å². The first-order chi connectivity index (χ1) is 12.5. The molecule has 0 atom stereocenters. The number of imidazole rings is 2. The van der Waals surface area contributed by atoms with Gasteiger partial charge in [0.1, 0.15) is 0 Å². The SMILES string of the molecule is C=CCn1c(=O)c2c(nc3n(-c4ccccc4Cl)c(C)cn23)n(C)c1=O. The normalized spacial score (nSPS) is 11.5. The Labute approximate surface area is 153 Å².